The average Bonchev–Trinajstić information content (AvgIpc) is 2.38. The van der Waals surface area contributed by atoms with Crippen LogP contribution in [-0.2, 0) is 12.2 Å². The predicted molar refractivity (Wildman–Crippen MR) is 73.5 cm³/mol. The molecular formula is C15H16OS. The Labute approximate surface area is 107 Å². The molecule has 0 spiro atoms. The predicted octanol–water partition coefficient (Wildman–Crippen LogP) is 4.25. The molecule has 0 saturated carbocycles. The summed E-state index contributed by atoms with van der Waals surface area (Å²) < 4.78 is 0. The summed E-state index contributed by atoms with van der Waals surface area (Å²) in [6, 6.07) is 16.1. The summed E-state index contributed by atoms with van der Waals surface area (Å²) in [5.41, 5.74) is 2.65. The second-order valence-corrected chi connectivity index (χ2v) is 4.94. The van der Waals surface area contributed by atoms with Gasteiger partial charge in [0, 0.05) is 10.6 Å². The summed E-state index contributed by atoms with van der Waals surface area (Å²) in [6.45, 7) is 2.16. The molecule has 0 aliphatic rings. The minimum atomic E-state index is 0.364. The van der Waals surface area contributed by atoms with Crippen molar-refractivity contribution >= 4 is 11.8 Å². The molecule has 2 heteroatoms. The lowest BCUT2D eigenvalue weighted by Gasteiger charge is -2.05. The van der Waals surface area contributed by atoms with E-state index < -0.39 is 0 Å². The lowest BCUT2D eigenvalue weighted by Crippen LogP contribution is -1.83. The van der Waals surface area contributed by atoms with Crippen molar-refractivity contribution in [3.63, 3.8) is 0 Å². The van der Waals surface area contributed by atoms with Crippen LogP contribution in [0, 0.1) is 0 Å². The van der Waals surface area contributed by atoms with Crippen LogP contribution in [0.5, 0.6) is 5.75 Å². The summed E-state index contributed by atoms with van der Waals surface area (Å²) >= 11 is 1.66. The van der Waals surface area contributed by atoms with Crippen LogP contribution in [0.2, 0.25) is 0 Å². The third-order valence-electron chi connectivity index (χ3n) is 2.69. The number of hydrogen-bond donors (Lipinski definition) is 1. The molecule has 2 aromatic rings. The molecule has 0 aliphatic carbocycles. The Morgan fingerprint density at radius 2 is 1.59 bits per heavy atom. The Morgan fingerprint density at radius 3 is 2.24 bits per heavy atom. The molecule has 0 fully saturated rings. The Hall–Kier alpha value is -1.41. The fourth-order valence-corrected chi connectivity index (χ4v) is 2.52. The van der Waals surface area contributed by atoms with Crippen LogP contribution < -0.4 is 0 Å². The first-order valence-electron chi connectivity index (χ1n) is 5.78. The number of para-hydroxylation sites is 1. The van der Waals surface area contributed by atoms with Gasteiger partial charge in [-0.05, 0) is 29.7 Å². The maximum absolute atomic E-state index is 9.65. The van der Waals surface area contributed by atoms with Crippen LogP contribution in [-0.4, -0.2) is 5.11 Å². The highest BCUT2D eigenvalue weighted by molar-refractivity contribution is 7.98. The number of hydrogen-bond acceptors (Lipinski definition) is 2. The van der Waals surface area contributed by atoms with E-state index in [4.69, 9.17) is 0 Å². The van der Waals surface area contributed by atoms with E-state index in [9.17, 15) is 5.11 Å². The van der Waals surface area contributed by atoms with E-state index in [-0.39, 0.29) is 0 Å². The standard InChI is InChI=1S/C15H16OS/c1-2-12-7-9-13(10-8-12)11-17-15-6-4-3-5-14(15)16/h3-10,16H,2,11H2,1H3. The summed E-state index contributed by atoms with van der Waals surface area (Å²) in [7, 11) is 0. The van der Waals surface area contributed by atoms with Gasteiger partial charge in [-0.1, -0.05) is 43.3 Å². The number of phenols is 1. The Morgan fingerprint density at radius 1 is 0.941 bits per heavy atom. The molecule has 2 rings (SSSR count). The van der Waals surface area contributed by atoms with Gasteiger partial charge < -0.3 is 5.11 Å². The normalized spacial score (nSPS) is 10.4. The largest absolute Gasteiger partial charge is 0.507 e. The first-order chi connectivity index (χ1) is 8.29. The lowest BCUT2D eigenvalue weighted by molar-refractivity contribution is 0.462. The van der Waals surface area contributed by atoms with E-state index in [0.29, 0.717) is 5.75 Å². The van der Waals surface area contributed by atoms with E-state index in [2.05, 4.69) is 31.2 Å². The Balaban J connectivity index is 2.00. The number of aromatic hydroxyl groups is 1. The highest BCUT2D eigenvalue weighted by Crippen LogP contribution is 2.30. The highest BCUT2D eigenvalue weighted by atomic mass is 32.2. The highest BCUT2D eigenvalue weighted by Gasteiger charge is 2.01. The van der Waals surface area contributed by atoms with Crippen LogP contribution in [0.3, 0.4) is 0 Å². The maximum atomic E-state index is 9.65. The number of benzene rings is 2. The minimum Gasteiger partial charge on any atom is -0.507 e. The summed E-state index contributed by atoms with van der Waals surface area (Å²) in [6.07, 6.45) is 1.08. The number of rotatable bonds is 4. The van der Waals surface area contributed by atoms with Crippen molar-refractivity contribution in [3.8, 4) is 5.75 Å². The first kappa shape index (κ1) is 12.1. The van der Waals surface area contributed by atoms with Gasteiger partial charge in [-0.3, -0.25) is 0 Å². The molecular weight excluding hydrogens is 228 g/mol. The molecule has 0 amide bonds. The van der Waals surface area contributed by atoms with Crippen molar-refractivity contribution < 1.29 is 5.11 Å². The van der Waals surface area contributed by atoms with Crippen molar-refractivity contribution in [1.82, 2.24) is 0 Å². The van der Waals surface area contributed by atoms with Gasteiger partial charge in [0.2, 0.25) is 0 Å². The third-order valence-corrected chi connectivity index (χ3v) is 3.82. The van der Waals surface area contributed by atoms with Gasteiger partial charge in [-0.15, -0.1) is 11.8 Å². The van der Waals surface area contributed by atoms with Crippen LogP contribution >= 0.6 is 11.8 Å². The van der Waals surface area contributed by atoms with E-state index in [0.717, 1.165) is 17.1 Å². The molecule has 0 unspecified atom stereocenters. The SMILES string of the molecule is CCc1ccc(CSc2ccccc2O)cc1. The lowest BCUT2D eigenvalue weighted by atomic mass is 10.1. The van der Waals surface area contributed by atoms with E-state index >= 15 is 0 Å². The molecule has 0 heterocycles. The second-order valence-electron chi connectivity index (χ2n) is 3.93. The topological polar surface area (TPSA) is 20.2 Å². The Bertz CT molecular complexity index is 477. The van der Waals surface area contributed by atoms with Crippen LogP contribution in [0.1, 0.15) is 18.1 Å². The summed E-state index contributed by atoms with van der Waals surface area (Å²) in [4.78, 5) is 0.937. The quantitative estimate of drug-likeness (QED) is 0.811. The molecule has 88 valence electrons. The molecule has 0 saturated heterocycles. The van der Waals surface area contributed by atoms with Crippen molar-refractivity contribution in [2.75, 3.05) is 0 Å². The molecule has 0 aromatic heterocycles. The number of phenolic OH excluding ortho intramolecular Hbond substituents is 1. The van der Waals surface area contributed by atoms with Crippen molar-refractivity contribution in [2.24, 2.45) is 0 Å². The van der Waals surface area contributed by atoms with Crippen LogP contribution in [0.25, 0.3) is 0 Å². The van der Waals surface area contributed by atoms with Gasteiger partial charge in [0.15, 0.2) is 0 Å². The molecule has 1 nitrogen and oxygen atoms in total. The fourth-order valence-electron chi connectivity index (χ4n) is 1.61. The smallest absolute Gasteiger partial charge is 0.129 e. The fraction of sp³-hybridized carbons (Fsp3) is 0.200. The van der Waals surface area contributed by atoms with Crippen molar-refractivity contribution in [3.05, 3.63) is 59.7 Å². The van der Waals surface area contributed by atoms with Crippen molar-refractivity contribution in [1.29, 1.82) is 0 Å². The van der Waals surface area contributed by atoms with E-state index in [1.165, 1.54) is 11.1 Å². The first-order valence-corrected chi connectivity index (χ1v) is 6.76. The molecule has 1 N–H and O–H groups in total. The zero-order chi connectivity index (χ0) is 12.1. The maximum Gasteiger partial charge on any atom is 0.129 e. The molecule has 2 aromatic carbocycles. The van der Waals surface area contributed by atoms with Crippen LogP contribution in [0.15, 0.2) is 53.4 Å². The number of thioether (sulfide) groups is 1. The van der Waals surface area contributed by atoms with Gasteiger partial charge in [0.05, 0.1) is 0 Å². The summed E-state index contributed by atoms with van der Waals surface area (Å²) in [5.74, 6) is 1.25. The monoisotopic (exact) mass is 244 g/mol. The van der Waals surface area contributed by atoms with Gasteiger partial charge in [0.25, 0.3) is 0 Å². The molecule has 0 bridgehead atoms. The minimum absolute atomic E-state index is 0.364. The van der Waals surface area contributed by atoms with E-state index in [1.54, 1.807) is 17.8 Å². The average molecular weight is 244 g/mol. The molecule has 0 radical (unpaired) electrons. The van der Waals surface area contributed by atoms with Gasteiger partial charge in [-0.2, -0.15) is 0 Å². The van der Waals surface area contributed by atoms with Gasteiger partial charge >= 0.3 is 0 Å². The molecule has 0 atom stereocenters. The molecule has 0 aliphatic heterocycles. The van der Waals surface area contributed by atoms with E-state index in [1.807, 2.05) is 18.2 Å². The summed E-state index contributed by atoms with van der Waals surface area (Å²) in [5, 5.41) is 9.65. The zero-order valence-electron chi connectivity index (χ0n) is 9.89. The van der Waals surface area contributed by atoms with Gasteiger partial charge in [0.1, 0.15) is 5.75 Å². The zero-order valence-corrected chi connectivity index (χ0v) is 10.7. The van der Waals surface area contributed by atoms with Gasteiger partial charge in [-0.25, -0.2) is 0 Å². The van der Waals surface area contributed by atoms with Crippen LogP contribution in [0.4, 0.5) is 0 Å². The number of aryl methyl sites for hydroxylation is 1. The van der Waals surface area contributed by atoms with Crippen molar-refractivity contribution in [2.45, 2.75) is 24.0 Å². The Kier molecular flexibility index (Phi) is 4.10. The molecule has 17 heavy (non-hydrogen) atoms. The third kappa shape index (κ3) is 3.27. The second kappa shape index (κ2) is 5.78.